The zero-order valence-corrected chi connectivity index (χ0v) is 23.2. The molecule has 0 fully saturated rings. The van der Waals surface area contributed by atoms with Crippen LogP contribution in [0.5, 0.6) is 0 Å². The molecular formula is C34H27N3O3S. The van der Waals surface area contributed by atoms with Gasteiger partial charge in [-0.2, -0.15) is 0 Å². The molecule has 1 amide bonds. The van der Waals surface area contributed by atoms with Gasteiger partial charge in [0.2, 0.25) is 0 Å². The monoisotopic (exact) mass is 557 g/mol. The molecule has 0 atom stereocenters. The highest BCUT2D eigenvalue weighted by molar-refractivity contribution is 7.99. The molecule has 202 valence electrons. The molecule has 0 saturated heterocycles. The summed E-state index contributed by atoms with van der Waals surface area (Å²) in [6.07, 6.45) is 5.51. The van der Waals surface area contributed by atoms with Crippen LogP contribution in [0.2, 0.25) is 0 Å². The summed E-state index contributed by atoms with van der Waals surface area (Å²) in [6, 6.07) is 28.1. The number of ether oxygens (including phenoxy) is 1. The number of carbonyl (C=O) groups is 2. The molecule has 7 heteroatoms. The smallest absolute Gasteiger partial charge is 0.407 e. The van der Waals surface area contributed by atoms with E-state index in [-0.39, 0.29) is 19.1 Å². The van der Waals surface area contributed by atoms with E-state index in [4.69, 9.17) is 4.74 Å². The van der Waals surface area contributed by atoms with Crippen LogP contribution in [0.4, 0.5) is 4.79 Å². The molecule has 0 unspecified atom stereocenters. The van der Waals surface area contributed by atoms with Gasteiger partial charge in [-0.3, -0.25) is 9.78 Å². The maximum absolute atomic E-state index is 13.0. The number of hydrogen-bond donors (Lipinski definition) is 1. The van der Waals surface area contributed by atoms with E-state index in [1.165, 1.54) is 34.0 Å². The Morgan fingerprint density at radius 1 is 0.902 bits per heavy atom. The Hall–Kier alpha value is -4.75. The normalized spacial score (nSPS) is 11.9. The summed E-state index contributed by atoms with van der Waals surface area (Å²) in [6.45, 7) is 2.52. The molecule has 0 bridgehead atoms. The van der Waals surface area contributed by atoms with Crippen LogP contribution < -0.4 is 5.32 Å². The molecule has 1 N–H and O–H groups in total. The number of aryl methyl sites for hydroxylation is 1. The summed E-state index contributed by atoms with van der Waals surface area (Å²) in [7, 11) is 0. The van der Waals surface area contributed by atoms with Crippen molar-refractivity contribution < 1.29 is 14.3 Å². The molecule has 2 heterocycles. The van der Waals surface area contributed by atoms with E-state index in [9.17, 15) is 9.59 Å². The standard InChI is InChI=1S/C34H27N3O3S/c1-22-17-25(23-12-15-35-16-13-23)18-26(32(22)41-33-24(20-38)7-6-14-36-33)19-37-34(39)40-21-31-29-10-4-2-8-27(29)28-9-3-5-11-30(28)31/h2-18,20,31H,19,21H2,1H3,(H,37,39). The zero-order chi connectivity index (χ0) is 28.2. The molecule has 2 aromatic heterocycles. The number of fused-ring (bicyclic) bond motifs is 3. The highest BCUT2D eigenvalue weighted by Gasteiger charge is 2.29. The maximum Gasteiger partial charge on any atom is 0.407 e. The van der Waals surface area contributed by atoms with Crippen LogP contribution in [0, 0.1) is 6.92 Å². The summed E-state index contributed by atoms with van der Waals surface area (Å²) >= 11 is 1.42. The number of nitrogens with zero attached hydrogens (tertiary/aromatic N) is 2. The summed E-state index contributed by atoms with van der Waals surface area (Å²) in [4.78, 5) is 34.1. The first-order chi connectivity index (χ1) is 20.1. The van der Waals surface area contributed by atoms with Crippen LogP contribution in [-0.4, -0.2) is 29.0 Å². The molecular weight excluding hydrogens is 530 g/mol. The minimum absolute atomic E-state index is 0.0116. The van der Waals surface area contributed by atoms with Crippen LogP contribution in [-0.2, 0) is 11.3 Å². The Morgan fingerprint density at radius 3 is 2.32 bits per heavy atom. The van der Waals surface area contributed by atoms with Crippen molar-refractivity contribution in [1.82, 2.24) is 15.3 Å². The number of amides is 1. The van der Waals surface area contributed by atoms with Crippen molar-refractivity contribution in [2.24, 2.45) is 0 Å². The minimum atomic E-state index is -0.485. The summed E-state index contributed by atoms with van der Waals surface area (Å²) in [5.41, 5.74) is 9.17. The van der Waals surface area contributed by atoms with Crippen molar-refractivity contribution in [3.05, 3.63) is 131 Å². The fourth-order valence-corrected chi connectivity index (χ4v) is 6.35. The van der Waals surface area contributed by atoms with Gasteiger partial charge in [-0.05, 0) is 81.8 Å². The average molecular weight is 558 g/mol. The predicted molar refractivity (Wildman–Crippen MR) is 160 cm³/mol. The van der Waals surface area contributed by atoms with Crippen LogP contribution in [0.3, 0.4) is 0 Å². The van der Waals surface area contributed by atoms with Crippen LogP contribution >= 0.6 is 11.8 Å². The first kappa shape index (κ1) is 26.5. The molecule has 0 spiro atoms. The number of aromatic nitrogens is 2. The van der Waals surface area contributed by atoms with Gasteiger partial charge >= 0.3 is 6.09 Å². The second kappa shape index (κ2) is 11.8. The van der Waals surface area contributed by atoms with Gasteiger partial charge in [-0.25, -0.2) is 9.78 Å². The minimum Gasteiger partial charge on any atom is -0.449 e. The second-order valence-electron chi connectivity index (χ2n) is 9.81. The quantitative estimate of drug-likeness (QED) is 0.200. The number of hydrogen-bond acceptors (Lipinski definition) is 6. The van der Waals surface area contributed by atoms with Crippen molar-refractivity contribution in [3.63, 3.8) is 0 Å². The van der Waals surface area contributed by atoms with Crippen molar-refractivity contribution in [2.75, 3.05) is 6.61 Å². The van der Waals surface area contributed by atoms with E-state index in [1.54, 1.807) is 30.7 Å². The fourth-order valence-electron chi connectivity index (χ4n) is 5.33. The van der Waals surface area contributed by atoms with Crippen LogP contribution in [0.25, 0.3) is 22.3 Å². The third-order valence-electron chi connectivity index (χ3n) is 7.26. The Bertz CT molecular complexity index is 1690. The number of carbonyl (C=O) groups excluding carboxylic acids is 2. The molecule has 6 nitrogen and oxygen atoms in total. The molecule has 6 rings (SSSR count). The number of pyridine rings is 2. The SMILES string of the molecule is Cc1cc(-c2ccncc2)cc(CNC(=O)OCC2c3ccccc3-c3ccccc32)c1Sc1ncccc1C=O. The highest BCUT2D eigenvalue weighted by Crippen LogP contribution is 2.44. The number of benzene rings is 3. The highest BCUT2D eigenvalue weighted by atomic mass is 32.2. The lowest BCUT2D eigenvalue weighted by Gasteiger charge is -2.17. The van der Waals surface area contributed by atoms with Crippen LogP contribution in [0.15, 0.2) is 113 Å². The maximum atomic E-state index is 13.0. The van der Waals surface area contributed by atoms with Crippen molar-refractivity contribution in [2.45, 2.75) is 29.3 Å². The Kier molecular flexibility index (Phi) is 7.60. The van der Waals surface area contributed by atoms with E-state index in [0.29, 0.717) is 10.6 Å². The molecule has 0 aliphatic heterocycles. The number of nitrogens with one attached hydrogen (secondary N) is 1. The van der Waals surface area contributed by atoms with E-state index in [0.717, 1.165) is 33.4 Å². The van der Waals surface area contributed by atoms with Gasteiger partial charge in [0, 0.05) is 41.5 Å². The number of aldehydes is 1. The Balaban J connectivity index is 1.23. The number of alkyl carbamates (subject to hydrolysis) is 1. The lowest BCUT2D eigenvalue weighted by molar-refractivity contribution is 0.112. The van der Waals surface area contributed by atoms with E-state index in [2.05, 4.69) is 51.7 Å². The van der Waals surface area contributed by atoms with Gasteiger partial charge in [0.05, 0.1) is 0 Å². The molecule has 0 saturated carbocycles. The summed E-state index contributed by atoms with van der Waals surface area (Å²) in [5, 5.41) is 3.57. The molecule has 0 radical (unpaired) electrons. The topological polar surface area (TPSA) is 81.2 Å². The van der Waals surface area contributed by atoms with Gasteiger partial charge in [-0.15, -0.1) is 0 Å². The lowest BCUT2D eigenvalue weighted by atomic mass is 9.98. The first-order valence-electron chi connectivity index (χ1n) is 13.3. The van der Waals surface area contributed by atoms with Gasteiger partial charge in [0.25, 0.3) is 0 Å². The first-order valence-corrected chi connectivity index (χ1v) is 14.1. The summed E-state index contributed by atoms with van der Waals surface area (Å²) < 4.78 is 5.78. The predicted octanol–water partition coefficient (Wildman–Crippen LogP) is 7.45. The van der Waals surface area contributed by atoms with E-state index >= 15 is 0 Å². The van der Waals surface area contributed by atoms with Gasteiger partial charge in [0.15, 0.2) is 6.29 Å². The van der Waals surface area contributed by atoms with Crippen molar-refractivity contribution >= 4 is 24.1 Å². The fraction of sp³-hybridized carbons (Fsp3) is 0.118. The third kappa shape index (κ3) is 5.49. The zero-order valence-electron chi connectivity index (χ0n) is 22.4. The molecule has 5 aromatic rings. The Morgan fingerprint density at radius 2 is 1.61 bits per heavy atom. The molecule has 1 aliphatic carbocycles. The van der Waals surface area contributed by atoms with Gasteiger partial charge < -0.3 is 10.1 Å². The van der Waals surface area contributed by atoms with Crippen molar-refractivity contribution in [1.29, 1.82) is 0 Å². The van der Waals surface area contributed by atoms with E-state index < -0.39 is 6.09 Å². The molecule has 1 aliphatic rings. The third-order valence-corrected chi connectivity index (χ3v) is 8.58. The van der Waals surface area contributed by atoms with Gasteiger partial charge in [0.1, 0.15) is 11.6 Å². The van der Waals surface area contributed by atoms with Crippen LogP contribution in [0.1, 0.15) is 38.5 Å². The summed E-state index contributed by atoms with van der Waals surface area (Å²) in [5.74, 6) is -0.0116. The largest absolute Gasteiger partial charge is 0.449 e. The Labute approximate surface area is 242 Å². The lowest BCUT2D eigenvalue weighted by Crippen LogP contribution is -2.26. The van der Waals surface area contributed by atoms with Crippen molar-refractivity contribution in [3.8, 4) is 22.3 Å². The van der Waals surface area contributed by atoms with Gasteiger partial charge in [-0.1, -0.05) is 66.4 Å². The van der Waals surface area contributed by atoms with E-state index in [1.807, 2.05) is 43.3 Å². The second-order valence-corrected chi connectivity index (χ2v) is 10.8. The average Bonchev–Trinajstić information content (AvgIpc) is 3.34. The molecule has 3 aromatic carbocycles. The molecule has 41 heavy (non-hydrogen) atoms. The number of rotatable bonds is 8.